The normalized spacial score (nSPS) is 10.3. The summed E-state index contributed by atoms with van der Waals surface area (Å²) in [5, 5.41) is 7.04. The number of ether oxygens (including phenoxy) is 2. The molecule has 1 aromatic carbocycles. The van der Waals surface area contributed by atoms with Crippen LogP contribution in [0, 0.1) is 4.77 Å². The summed E-state index contributed by atoms with van der Waals surface area (Å²) in [6.07, 6.45) is 1.55. The molecular weight excluding hydrogens is 288 g/mol. The first kappa shape index (κ1) is 13.7. The molecule has 0 fully saturated rings. The van der Waals surface area contributed by atoms with Crippen molar-refractivity contribution in [3.8, 4) is 11.5 Å². The Morgan fingerprint density at radius 2 is 2.21 bits per heavy atom. The van der Waals surface area contributed by atoms with E-state index in [1.54, 1.807) is 37.4 Å². The van der Waals surface area contributed by atoms with Gasteiger partial charge < -0.3 is 14.9 Å². The van der Waals surface area contributed by atoms with Crippen molar-refractivity contribution in [3.63, 3.8) is 0 Å². The van der Waals surface area contributed by atoms with Crippen molar-refractivity contribution >= 4 is 23.8 Å². The van der Waals surface area contributed by atoms with Gasteiger partial charge in [-0.15, -0.1) is 0 Å². The summed E-state index contributed by atoms with van der Waals surface area (Å²) < 4.78 is 12.7. The Kier molecular flexibility index (Phi) is 4.28. The third-order valence-electron chi connectivity index (χ3n) is 2.51. The Morgan fingerprint density at radius 1 is 1.42 bits per heavy atom. The van der Waals surface area contributed by atoms with Gasteiger partial charge in [0.1, 0.15) is 6.33 Å². The number of methoxy groups -OCH3 is 2. The zero-order valence-corrected chi connectivity index (χ0v) is 12.0. The van der Waals surface area contributed by atoms with E-state index in [0.717, 1.165) is 5.56 Å². The van der Waals surface area contributed by atoms with Crippen LogP contribution >= 0.6 is 23.8 Å². The van der Waals surface area contributed by atoms with E-state index >= 15 is 0 Å². The summed E-state index contributed by atoms with van der Waals surface area (Å²) in [5.41, 5.74) is 3.94. The maximum absolute atomic E-state index is 6.04. The van der Waals surface area contributed by atoms with Gasteiger partial charge in [-0.3, -0.25) is 5.10 Å². The highest BCUT2D eigenvalue weighted by Crippen LogP contribution is 2.34. The van der Waals surface area contributed by atoms with Gasteiger partial charge >= 0.3 is 0 Å². The number of H-pyrrole nitrogens is 1. The lowest BCUT2D eigenvalue weighted by Crippen LogP contribution is -2.14. The maximum Gasteiger partial charge on any atom is 0.214 e. The van der Waals surface area contributed by atoms with E-state index in [1.165, 1.54) is 0 Å². The van der Waals surface area contributed by atoms with Crippen molar-refractivity contribution in [2.24, 2.45) is 0 Å². The molecule has 19 heavy (non-hydrogen) atoms. The Bertz CT molecular complexity index is 625. The van der Waals surface area contributed by atoms with Gasteiger partial charge in [0.2, 0.25) is 4.77 Å². The lowest BCUT2D eigenvalue weighted by Gasteiger charge is -2.14. The molecule has 0 spiro atoms. The number of aromatic amines is 1. The Hall–Kier alpha value is -1.73. The number of halogens is 1. The highest BCUT2D eigenvalue weighted by molar-refractivity contribution is 7.71. The van der Waals surface area contributed by atoms with Crippen LogP contribution in [0.15, 0.2) is 18.5 Å². The Labute approximate surface area is 120 Å². The van der Waals surface area contributed by atoms with Crippen LogP contribution in [0.4, 0.5) is 0 Å². The number of nitrogens with one attached hydrogen (secondary N) is 2. The standard InChI is InChI=1S/C11H13ClN4O2S/c1-17-9-4-8(12)3-7(10(9)18-2)5-14-16-6-13-15-11(16)19/h3-4,6,14H,5H2,1-2H3,(H,15,19). The van der Waals surface area contributed by atoms with E-state index in [-0.39, 0.29) is 0 Å². The van der Waals surface area contributed by atoms with Gasteiger partial charge in [0.05, 0.1) is 20.8 Å². The van der Waals surface area contributed by atoms with Crippen LogP contribution in [-0.4, -0.2) is 29.1 Å². The summed E-state index contributed by atoms with van der Waals surface area (Å²) in [4.78, 5) is 0. The smallest absolute Gasteiger partial charge is 0.214 e. The van der Waals surface area contributed by atoms with Crippen molar-refractivity contribution in [2.45, 2.75) is 6.54 Å². The van der Waals surface area contributed by atoms with E-state index < -0.39 is 0 Å². The number of hydrogen-bond donors (Lipinski definition) is 2. The average Bonchev–Trinajstić information content (AvgIpc) is 2.81. The minimum absolute atomic E-state index is 0.466. The molecule has 0 radical (unpaired) electrons. The molecule has 2 aromatic rings. The van der Waals surface area contributed by atoms with Crippen molar-refractivity contribution in [2.75, 3.05) is 19.6 Å². The van der Waals surface area contributed by atoms with Crippen LogP contribution in [0.1, 0.15) is 5.56 Å². The summed E-state index contributed by atoms with van der Waals surface area (Å²) in [7, 11) is 3.15. The molecule has 0 amide bonds. The molecule has 0 aliphatic carbocycles. The SMILES string of the molecule is COc1cc(Cl)cc(CNn2cn[nH]c2=S)c1OC. The van der Waals surface area contributed by atoms with Gasteiger partial charge in [-0.1, -0.05) is 11.6 Å². The highest BCUT2D eigenvalue weighted by Gasteiger charge is 2.11. The molecule has 0 saturated heterocycles. The first-order chi connectivity index (χ1) is 9.15. The molecule has 0 unspecified atom stereocenters. The molecule has 0 saturated carbocycles. The minimum atomic E-state index is 0.466. The maximum atomic E-state index is 6.04. The predicted molar refractivity (Wildman–Crippen MR) is 75.0 cm³/mol. The van der Waals surface area contributed by atoms with Crippen LogP contribution in [0.25, 0.3) is 0 Å². The quantitative estimate of drug-likeness (QED) is 0.830. The van der Waals surface area contributed by atoms with E-state index in [4.69, 9.17) is 33.3 Å². The largest absolute Gasteiger partial charge is 0.493 e. The number of benzene rings is 1. The van der Waals surface area contributed by atoms with Crippen LogP contribution in [0.3, 0.4) is 0 Å². The van der Waals surface area contributed by atoms with E-state index in [2.05, 4.69) is 15.6 Å². The third-order valence-corrected chi connectivity index (χ3v) is 3.02. The molecule has 102 valence electrons. The number of rotatable bonds is 5. The molecule has 2 N–H and O–H groups in total. The first-order valence-electron chi connectivity index (χ1n) is 5.42. The molecule has 1 heterocycles. The molecular formula is C11H13ClN4O2S. The number of aromatic nitrogens is 3. The van der Waals surface area contributed by atoms with Gasteiger partial charge in [0.25, 0.3) is 0 Å². The van der Waals surface area contributed by atoms with Gasteiger partial charge in [-0.2, -0.15) is 5.10 Å². The van der Waals surface area contributed by atoms with E-state index in [9.17, 15) is 0 Å². The van der Waals surface area contributed by atoms with Crippen molar-refractivity contribution in [3.05, 3.63) is 33.8 Å². The van der Waals surface area contributed by atoms with E-state index in [0.29, 0.717) is 27.8 Å². The van der Waals surface area contributed by atoms with Crippen LogP contribution < -0.4 is 14.9 Å². The Balaban J connectivity index is 2.26. The average molecular weight is 301 g/mol. The fraction of sp³-hybridized carbons (Fsp3) is 0.273. The van der Waals surface area contributed by atoms with Gasteiger partial charge in [0.15, 0.2) is 11.5 Å². The Morgan fingerprint density at radius 3 is 2.79 bits per heavy atom. The second-order valence-corrected chi connectivity index (χ2v) is 4.49. The van der Waals surface area contributed by atoms with Crippen LogP contribution in [-0.2, 0) is 6.54 Å². The lowest BCUT2D eigenvalue weighted by atomic mass is 10.2. The number of hydrogen-bond acceptors (Lipinski definition) is 5. The molecule has 0 bridgehead atoms. The monoisotopic (exact) mass is 300 g/mol. The summed E-state index contributed by atoms with van der Waals surface area (Å²) in [6.45, 7) is 0.466. The van der Waals surface area contributed by atoms with Gasteiger partial charge in [0, 0.05) is 16.7 Å². The van der Waals surface area contributed by atoms with Crippen molar-refractivity contribution in [1.82, 2.24) is 14.9 Å². The highest BCUT2D eigenvalue weighted by atomic mass is 35.5. The zero-order valence-electron chi connectivity index (χ0n) is 10.4. The molecule has 0 aliphatic heterocycles. The van der Waals surface area contributed by atoms with Crippen LogP contribution in [0.5, 0.6) is 11.5 Å². The molecule has 0 aliphatic rings. The fourth-order valence-electron chi connectivity index (χ4n) is 1.67. The van der Waals surface area contributed by atoms with E-state index in [1.807, 2.05) is 0 Å². The molecule has 2 rings (SSSR count). The number of nitrogens with zero attached hydrogens (tertiary/aromatic N) is 2. The topological polar surface area (TPSA) is 64.1 Å². The summed E-state index contributed by atoms with van der Waals surface area (Å²) >= 11 is 11.1. The third kappa shape index (κ3) is 2.99. The van der Waals surface area contributed by atoms with Gasteiger partial charge in [-0.05, 0) is 18.3 Å². The van der Waals surface area contributed by atoms with Gasteiger partial charge in [-0.25, -0.2) is 4.68 Å². The second kappa shape index (κ2) is 5.94. The van der Waals surface area contributed by atoms with Crippen LogP contribution in [0.2, 0.25) is 5.02 Å². The second-order valence-electron chi connectivity index (χ2n) is 3.67. The van der Waals surface area contributed by atoms with Crippen molar-refractivity contribution < 1.29 is 9.47 Å². The zero-order chi connectivity index (χ0) is 13.8. The molecule has 1 aromatic heterocycles. The molecule has 0 atom stereocenters. The predicted octanol–water partition coefficient (Wildman–Crippen LogP) is 2.35. The summed E-state index contributed by atoms with van der Waals surface area (Å²) in [5.74, 6) is 1.22. The molecule has 8 heteroatoms. The lowest BCUT2D eigenvalue weighted by molar-refractivity contribution is 0.352. The molecule has 6 nitrogen and oxygen atoms in total. The first-order valence-corrected chi connectivity index (χ1v) is 6.20. The fourth-order valence-corrected chi connectivity index (χ4v) is 2.06. The minimum Gasteiger partial charge on any atom is -0.493 e. The van der Waals surface area contributed by atoms with Crippen molar-refractivity contribution in [1.29, 1.82) is 0 Å². The summed E-state index contributed by atoms with van der Waals surface area (Å²) in [6, 6.07) is 3.51.